The smallest absolute Gasteiger partial charge is 0.307 e. The van der Waals surface area contributed by atoms with Crippen molar-refractivity contribution in [3.05, 3.63) is 12.7 Å². The molecule has 1 aliphatic carbocycles. The van der Waals surface area contributed by atoms with Crippen LogP contribution in [0, 0.1) is 17.8 Å². The van der Waals surface area contributed by atoms with Crippen molar-refractivity contribution >= 4 is 11.9 Å². The second kappa shape index (κ2) is 6.57. The van der Waals surface area contributed by atoms with Gasteiger partial charge in [-0.2, -0.15) is 0 Å². The van der Waals surface area contributed by atoms with Crippen LogP contribution in [-0.2, 0) is 9.59 Å². The van der Waals surface area contributed by atoms with Crippen LogP contribution in [0.5, 0.6) is 0 Å². The number of carbonyl (C=O) groups excluding carboxylic acids is 1. The van der Waals surface area contributed by atoms with E-state index in [1.807, 2.05) is 13.8 Å². The summed E-state index contributed by atoms with van der Waals surface area (Å²) in [5.74, 6) is -1.42. The van der Waals surface area contributed by atoms with E-state index in [0.29, 0.717) is 31.8 Å². The Morgan fingerprint density at radius 1 is 1.39 bits per heavy atom. The number of nitrogens with zero attached hydrogens (tertiary/aromatic N) is 1. The molecule has 1 fully saturated rings. The molecule has 1 aliphatic rings. The second-order valence-corrected chi connectivity index (χ2v) is 5.20. The molecule has 3 atom stereocenters. The van der Waals surface area contributed by atoms with Gasteiger partial charge in [-0.05, 0) is 25.2 Å². The van der Waals surface area contributed by atoms with E-state index in [1.54, 1.807) is 11.0 Å². The minimum atomic E-state index is -0.840. The maximum atomic E-state index is 12.4. The van der Waals surface area contributed by atoms with Crippen LogP contribution in [0.4, 0.5) is 0 Å². The summed E-state index contributed by atoms with van der Waals surface area (Å²) in [6.45, 7) is 8.85. The van der Waals surface area contributed by atoms with Gasteiger partial charge >= 0.3 is 5.97 Å². The van der Waals surface area contributed by atoms with E-state index in [0.717, 1.165) is 6.42 Å². The highest BCUT2D eigenvalue weighted by Crippen LogP contribution is 2.37. The first-order valence-corrected chi connectivity index (χ1v) is 6.63. The number of carboxylic acid groups (broad SMARTS) is 1. The van der Waals surface area contributed by atoms with Gasteiger partial charge in [0.05, 0.1) is 11.8 Å². The molecular weight excluding hydrogens is 230 g/mol. The van der Waals surface area contributed by atoms with Gasteiger partial charge in [0.25, 0.3) is 0 Å². The maximum Gasteiger partial charge on any atom is 0.307 e. The molecule has 0 aliphatic heterocycles. The molecule has 3 unspecified atom stereocenters. The van der Waals surface area contributed by atoms with Crippen LogP contribution in [0.25, 0.3) is 0 Å². The van der Waals surface area contributed by atoms with E-state index in [1.165, 1.54) is 0 Å². The van der Waals surface area contributed by atoms with E-state index in [2.05, 4.69) is 6.58 Å². The highest BCUT2D eigenvalue weighted by atomic mass is 16.4. The van der Waals surface area contributed by atoms with Gasteiger partial charge in [-0.3, -0.25) is 9.59 Å². The van der Waals surface area contributed by atoms with Crippen LogP contribution in [0.1, 0.15) is 33.1 Å². The van der Waals surface area contributed by atoms with Gasteiger partial charge in [0.1, 0.15) is 0 Å². The Hall–Kier alpha value is -1.32. The number of carboxylic acids is 1. The summed E-state index contributed by atoms with van der Waals surface area (Å²) >= 11 is 0. The zero-order valence-electron chi connectivity index (χ0n) is 11.3. The number of aliphatic carboxylic acids is 1. The Kier molecular flexibility index (Phi) is 5.38. The molecule has 0 bridgehead atoms. The molecule has 4 nitrogen and oxygen atoms in total. The Morgan fingerprint density at radius 3 is 2.50 bits per heavy atom. The van der Waals surface area contributed by atoms with Crippen molar-refractivity contribution in [1.82, 2.24) is 4.90 Å². The highest BCUT2D eigenvalue weighted by Gasteiger charge is 2.42. The lowest BCUT2D eigenvalue weighted by atomic mass is 9.94. The molecule has 0 aromatic heterocycles. The molecule has 0 aromatic carbocycles. The fourth-order valence-corrected chi connectivity index (χ4v) is 2.79. The van der Waals surface area contributed by atoms with E-state index in [4.69, 9.17) is 0 Å². The Morgan fingerprint density at radius 2 is 2.00 bits per heavy atom. The van der Waals surface area contributed by atoms with E-state index < -0.39 is 11.9 Å². The molecule has 0 spiro atoms. The molecule has 0 aromatic rings. The van der Waals surface area contributed by atoms with Gasteiger partial charge in [-0.25, -0.2) is 0 Å². The van der Waals surface area contributed by atoms with E-state index in [9.17, 15) is 14.7 Å². The zero-order chi connectivity index (χ0) is 13.7. The highest BCUT2D eigenvalue weighted by molar-refractivity contribution is 5.85. The normalized spacial score (nSPS) is 26.9. The molecular formula is C14H23NO3. The minimum absolute atomic E-state index is 0.0199. The van der Waals surface area contributed by atoms with Crippen LogP contribution in [-0.4, -0.2) is 35.0 Å². The summed E-state index contributed by atoms with van der Waals surface area (Å²) in [6, 6.07) is 0. The third kappa shape index (κ3) is 3.34. The number of carbonyl (C=O) groups is 2. The molecule has 1 saturated carbocycles. The average molecular weight is 253 g/mol. The van der Waals surface area contributed by atoms with Crippen molar-refractivity contribution < 1.29 is 14.7 Å². The van der Waals surface area contributed by atoms with Gasteiger partial charge in [0, 0.05) is 13.1 Å². The van der Waals surface area contributed by atoms with Gasteiger partial charge in [-0.1, -0.05) is 19.9 Å². The lowest BCUT2D eigenvalue weighted by molar-refractivity contribution is -0.148. The second-order valence-electron chi connectivity index (χ2n) is 5.20. The van der Waals surface area contributed by atoms with Crippen molar-refractivity contribution in [2.75, 3.05) is 13.1 Å². The number of amides is 1. The Bertz CT molecular complexity index is 327. The Labute approximate surface area is 109 Å². The standard InChI is InChI=1S/C14H23NO3/c1-4-6-15(7-5-2)13(16)11-8-10(3)9-12(11)14(17)18/h4,10-12H,1,5-9H2,2-3H3,(H,17,18). The van der Waals surface area contributed by atoms with Gasteiger partial charge in [0.2, 0.25) is 5.91 Å². The predicted octanol–water partition coefficient (Wildman–Crippen LogP) is 2.16. The summed E-state index contributed by atoms with van der Waals surface area (Å²) in [6.07, 6.45) is 3.87. The van der Waals surface area contributed by atoms with Gasteiger partial charge in [-0.15, -0.1) is 6.58 Å². The predicted molar refractivity (Wildman–Crippen MR) is 70.1 cm³/mol. The summed E-state index contributed by atoms with van der Waals surface area (Å²) in [5.41, 5.74) is 0. The largest absolute Gasteiger partial charge is 0.481 e. The van der Waals surface area contributed by atoms with Crippen molar-refractivity contribution in [2.24, 2.45) is 17.8 Å². The Balaban J connectivity index is 2.79. The molecule has 1 N–H and O–H groups in total. The molecule has 0 radical (unpaired) electrons. The minimum Gasteiger partial charge on any atom is -0.481 e. The van der Waals surface area contributed by atoms with Crippen LogP contribution in [0.3, 0.4) is 0 Å². The zero-order valence-corrected chi connectivity index (χ0v) is 11.3. The monoisotopic (exact) mass is 253 g/mol. The molecule has 4 heteroatoms. The fourth-order valence-electron chi connectivity index (χ4n) is 2.79. The maximum absolute atomic E-state index is 12.4. The van der Waals surface area contributed by atoms with Crippen LogP contribution in [0.2, 0.25) is 0 Å². The molecule has 1 amide bonds. The third-order valence-electron chi connectivity index (χ3n) is 3.59. The quantitative estimate of drug-likeness (QED) is 0.738. The van der Waals surface area contributed by atoms with E-state index in [-0.39, 0.29) is 11.8 Å². The van der Waals surface area contributed by atoms with Crippen molar-refractivity contribution in [3.8, 4) is 0 Å². The van der Waals surface area contributed by atoms with E-state index >= 15 is 0 Å². The lowest BCUT2D eigenvalue weighted by Gasteiger charge is -2.25. The van der Waals surface area contributed by atoms with Crippen molar-refractivity contribution in [3.63, 3.8) is 0 Å². The molecule has 102 valence electrons. The molecule has 1 rings (SSSR count). The summed E-state index contributed by atoms with van der Waals surface area (Å²) in [7, 11) is 0. The topological polar surface area (TPSA) is 57.6 Å². The van der Waals surface area contributed by atoms with Crippen molar-refractivity contribution in [1.29, 1.82) is 0 Å². The average Bonchev–Trinajstić information content (AvgIpc) is 2.70. The number of rotatable bonds is 6. The van der Waals surface area contributed by atoms with Crippen molar-refractivity contribution in [2.45, 2.75) is 33.1 Å². The first-order valence-electron chi connectivity index (χ1n) is 6.63. The SMILES string of the molecule is C=CCN(CCC)C(=O)C1CC(C)CC1C(=O)O. The molecule has 18 heavy (non-hydrogen) atoms. The van der Waals surface area contributed by atoms with Crippen LogP contribution in [0.15, 0.2) is 12.7 Å². The fraction of sp³-hybridized carbons (Fsp3) is 0.714. The summed E-state index contributed by atoms with van der Waals surface area (Å²) in [4.78, 5) is 25.3. The van der Waals surface area contributed by atoms with Gasteiger partial charge < -0.3 is 10.0 Å². The summed E-state index contributed by atoms with van der Waals surface area (Å²) in [5, 5.41) is 9.20. The van der Waals surface area contributed by atoms with Crippen LogP contribution >= 0.6 is 0 Å². The van der Waals surface area contributed by atoms with Crippen LogP contribution < -0.4 is 0 Å². The summed E-state index contributed by atoms with van der Waals surface area (Å²) < 4.78 is 0. The first-order chi connectivity index (χ1) is 8.51. The first kappa shape index (κ1) is 14.7. The van der Waals surface area contributed by atoms with Gasteiger partial charge in [0.15, 0.2) is 0 Å². The lowest BCUT2D eigenvalue weighted by Crippen LogP contribution is -2.39. The third-order valence-corrected chi connectivity index (χ3v) is 3.59. The molecule has 0 heterocycles. The number of hydrogen-bond donors (Lipinski definition) is 1. The molecule has 0 saturated heterocycles. The number of hydrogen-bond acceptors (Lipinski definition) is 2.